The van der Waals surface area contributed by atoms with Crippen molar-refractivity contribution in [2.75, 3.05) is 0 Å². The fourth-order valence-corrected chi connectivity index (χ4v) is 1.92. The highest BCUT2D eigenvalue weighted by Gasteiger charge is 2.08. The van der Waals surface area contributed by atoms with Crippen LogP contribution in [-0.4, -0.2) is 6.04 Å². The van der Waals surface area contributed by atoms with Crippen LogP contribution < -0.4 is 5.73 Å². The van der Waals surface area contributed by atoms with Crippen molar-refractivity contribution >= 4 is 0 Å². The molecule has 1 nitrogen and oxygen atoms in total. The Hall–Kier alpha value is -0.0400. The van der Waals surface area contributed by atoms with Crippen LogP contribution in [0.2, 0.25) is 0 Å². The van der Waals surface area contributed by atoms with Crippen LogP contribution >= 0.6 is 0 Å². The molecule has 0 aromatic carbocycles. The Labute approximate surface area is 70.4 Å². The molecule has 2 N–H and O–H groups in total. The molecule has 1 aliphatic rings. The molecule has 1 saturated carbocycles. The summed E-state index contributed by atoms with van der Waals surface area (Å²) < 4.78 is 0. The average Bonchev–Trinajstić information content (AvgIpc) is 2.04. The lowest BCUT2D eigenvalue weighted by molar-refractivity contribution is 0.462. The van der Waals surface area contributed by atoms with E-state index in [9.17, 15) is 0 Å². The molecule has 1 fully saturated rings. The summed E-state index contributed by atoms with van der Waals surface area (Å²) >= 11 is 0. The zero-order valence-corrected chi connectivity index (χ0v) is 7.68. The first-order chi connectivity index (χ1) is 5.29. The molecule has 0 aromatic heterocycles. The minimum Gasteiger partial charge on any atom is -0.328 e. The average molecular weight is 155 g/mol. The number of hydrogen-bond donors (Lipinski definition) is 1. The molecule has 0 aliphatic heterocycles. The van der Waals surface area contributed by atoms with Gasteiger partial charge in [-0.1, -0.05) is 39.0 Å². The maximum atomic E-state index is 5.92. The third kappa shape index (κ3) is 3.76. The molecule has 2 atom stereocenters. The van der Waals surface area contributed by atoms with Crippen molar-refractivity contribution in [2.45, 2.75) is 57.9 Å². The second-order valence-corrected chi connectivity index (χ2v) is 4.08. The van der Waals surface area contributed by atoms with Crippen LogP contribution in [0.25, 0.3) is 0 Å². The highest BCUT2D eigenvalue weighted by Crippen LogP contribution is 2.20. The first-order valence-corrected chi connectivity index (χ1v) is 5.04. The van der Waals surface area contributed by atoms with E-state index in [0.29, 0.717) is 6.04 Å². The summed E-state index contributed by atoms with van der Waals surface area (Å²) in [7, 11) is 0. The Morgan fingerprint density at radius 2 is 1.45 bits per heavy atom. The Kier molecular flexibility index (Phi) is 3.92. The van der Waals surface area contributed by atoms with Gasteiger partial charge in [0.2, 0.25) is 0 Å². The number of hydrogen-bond acceptors (Lipinski definition) is 1. The van der Waals surface area contributed by atoms with Crippen molar-refractivity contribution in [3.63, 3.8) is 0 Å². The van der Waals surface area contributed by atoms with Crippen molar-refractivity contribution in [1.82, 2.24) is 0 Å². The largest absolute Gasteiger partial charge is 0.328 e. The van der Waals surface area contributed by atoms with Gasteiger partial charge < -0.3 is 5.73 Å². The van der Waals surface area contributed by atoms with Gasteiger partial charge in [-0.2, -0.15) is 0 Å². The Bertz CT molecular complexity index is 89.0. The normalized spacial score (nSPS) is 35.5. The van der Waals surface area contributed by atoms with Gasteiger partial charge in [-0.25, -0.2) is 0 Å². The zero-order valence-electron chi connectivity index (χ0n) is 7.68. The van der Waals surface area contributed by atoms with Crippen molar-refractivity contribution in [3.8, 4) is 0 Å². The molecule has 0 aromatic rings. The molecule has 1 heteroatoms. The van der Waals surface area contributed by atoms with Gasteiger partial charge in [-0.05, 0) is 18.8 Å². The summed E-state index contributed by atoms with van der Waals surface area (Å²) in [5, 5.41) is 0. The summed E-state index contributed by atoms with van der Waals surface area (Å²) in [6.45, 7) is 2.37. The molecule has 0 saturated heterocycles. The maximum absolute atomic E-state index is 5.92. The van der Waals surface area contributed by atoms with Gasteiger partial charge in [-0.15, -0.1) is 0 Å². The standard InChI is InChI=1S/C10H21N/c1-9-5-2-3-7-10(11)8-4-6-9/h9-10H,2-8,11H2,1H3/t9?,10-/m0/s1. The molecular weight excluding hydrogens is 134 g/mol. The highest BCUT2D eigenvalue weighted by atomic mass is 14.6. The zero-order chi connectivity index (χ0) is 8.10. The maximum Gasteiger partial charge on any atom is 0.00388 e. The van der Waals surface area contributed by atoms with E-state index in [1.54, 1.807) is 0 Å². The lowest BCUT2D eigenvalue weighted by Gasteiger charge is -2.08. The summed E-state index contributed by atoms with van der Waals surface area (Å²) in [6.07, 6.45) is 9.43. The quantitative estimate of drug-likeness (QED) is 0.572. The van der Waals surface area contributed by atoms with E-state index in [-0.39, 0.29) is 0 Å². The lowest BCUT2D eigenvalue weighted by Crippen LogP contribution is -2.18. The fraction of sp³-hybridized carbons (Fsp3) is 1.00. The van der Waals surface area contributed by atoms with Crippen molar-refractivity contribution in [2.24, 2.45) is 11.7 Å². The van der Waals surface area contributed by atoms with Crippen molar-refractivity contribution in [3.05, 3.63) is 0 Å². The summed E-state index contributed by atoms with van der Waals surface area (Å²) in [5.74, 6) is 0.945. The molecule has 1 unspecified atom stereocenters. The third-order valence-corrected chi connectivity index (χ3v) is 2.79. The predicted molar refractivity (Wildman–Crippen MR) is 49.5 cm³/mol. The highest BCUT2D eigenvalue weighted by molar-refractivity contribution is 4.66. The summed E-state index contributed by atoms with van der Waals surface area (Å²) in [6, 6.07) is 0.500. The lowest BCUT2D eigenvalue weighted by atomic mass is 9.99. The van der Waals surface area contributed by atoms with Gasteiger partial charge in [-0.3, -0.25) is 0 Å². The molecule has 0 heterocycles. The molecular formula is C10H21N. The van der Waals surface area contributed by atoms with Crippen LogP contribution in [0.4, 0.5) is 0 Å². The van der Waals surface area contributed by atoms with Crippen LogP contribution in [0.3, 0.4) is 0 Å². The Morgan fingerprint density at radius 1 is 0.909 bits per heavy atom. The second kappa shape index (κ2) is 4.76. The van der Waals surface area contributed by atoms with Gasteiger partial charge in [0.25, 0.3) is 0 Å². The molecule has 0 spiro atoms. The summed E-state index contributed by atoms with van der Waals surface area (Å²) in [4.78, 5) is 0. The molecule has 0 amide bonds. The topological polar surface area (TPSA) is 26.0 Å². The van der Waals surface area contributed by atoms with Crippen LogP contribution in [-0.2, 0) is 0 Å². The van der Waals surface area contributed by atoms with E-state index in [2.05, 4.69) is 6.92 Å². The van der Waals surface area contributed by atoms with Gasteiger partial charge in [0, 0.05) is 6.04 Å². The Balaban J connectivity index is 2.24. The van der Waals surface area contributed by atoms with Crippen LogP contribution in [0, 0.1) is 5.92 Å². The summed E-state index contributed by atoms with van der Waals surface area (Å²) in [5.41, 5.74) is 5.92. The first-order valence-electron chi connectivity index (χ1n) is 5.04. The van der Waals surface area contributed by atoms with E-state index in [0.717, 1.165) is 5.92 Å². The van der Waals surface area contributed by atoms with Crippen LogP contribution in [0.1, 0.15) is 51.9 Å². The molecule has 1 rings (SSSR count). The predicted octanol–water partition coefficient (Wildman–Crippen LogP) is 2.69. The smallest absolute Gasteiger partial charge is 0.00388 e. The fourth-order valence-electron chi connectivity index (χ4n) is 1.92. The molecule has 1 aliphatic carbocycles. The van der Waals surface area contributed by atoms with Gasteiger partial charge >= 0.3 is 0 Å². The molecule has 11 heavy (non-hydrogen) atoms. The molecule has 0 radical (unpaired) electrons. The second-order valence-electron chi connectivity index (χ2n) is 4.08. The molecule has 66 valence electrons. The minimum absolute atomic E-state index is 0.500. The van der Waals surface area contributed by atoms with Gasteiger partial charge in [0.15, 0.2) is 0 Å². The van der Waals surface area contributed by atoms with Crippen molar-refractivity contribution < 1.29 is 0 Å². The van der Waals surface area contributed by atoms with E-state index in [1.165, 1.54) is 44.9 Å². The van der Waals surface area contributed by atoms with E-state index >= 15 is 0 Å². The van der Waals surface area contributed by atoms with E-state index < -0.39 is 0 Å². The van der Waals surface area contributed by atoms with E-state index in [1.807, 2.05) is 0 Å². The van der Waals surface area contributed by atoms with Crippen molar-refractivity contribution in [1.29, 1.82) is 0 Å². The number of rotatable bonds is 0. The third-order valence-electron chi connectivity index (χ3n) is 2.79. The molecule has 0 bridgehead atoms. The van der Waals surface area contributed by atoms with Gasteiger partial charge in [0.05, 0.1) is 0 Å². The first kappa shape index (κ1) is 9.05. The monoisotopic (exact) mass is 155 g/mol. The van der Waals surface area contributed by atoms with E-state index in [4.69, 9.17) is 5.73 Å². The minimum atomic E-state index is 0.500. The van der Waals surface area contributed by atoms with Crippen LogP contribution in [0.15, 0.2) is 0 Å². The Morgan fingerprint density at radius 3 is 2.27 bits per heavy atom. The van der Waals surface area contributed by atoms with Gasteiger partial charge in [0.1, 0.15) is 0 Å². The van der Waals surface area contributed by atoms with Crippen LogP contribution in [0.5, 0.6) is 0 Å². The number of nitrogens with two attached hydrogens (primary N) is 1. The SMILES string of the molecule is CC1CCCC[C@H](N)CCC1.